The molecule has 0 bridgehead atoms. The number of fused-ring (bicyclic) bond motifs is 9. The van der Waals surface area contributed by atoms with Crippen LogP contribution in [0.4, 0.5) is 0 Å². The molecule has 52 heavy (non-hydrogen) atoms. The maximum atomic E-state index is 6.97. The lowest BCUT2D eigenvalue weighted by atomic mass is 9.92. The topological polar surface area (TPSA) is 37.5 Å². The molecule has 3 nitrogen and oxygen atoms in total. The van der Waals surface area contributed by atoms with Crippen molar-refractivity contribution in [2.75, 3.05) is 0 Å². The molecule has 2 aromatic heterocycles. The molecule has 7 aromatic carbocycles. The van der Waals surface area contributed by atoms with Crippen LogP contribution < -0.4 is 5.32 Å². The van der Waals surface area contributed by atoms with Crippen LogP contribution in [0.5, 0.6) is 0 Å². The molecule has 3 heterocycles. The molecular weight excluding hydrogens is 653 g/mol. The molecule has 244 valence electrons. The van der Waals surface area contributed by atoms with Crippen molar-refractivity contribution in [3.05, 3.63) is 187 Å². The van der Waals surface area contributed by atoms with Crippen LogP contribution in [-0.2, 0) is 0 Å². The molecule has 11 rings (SSSR count). The lowest BCUT2D eigenvalue weighted by molar-refractivity contribution is 0.673. The van der Waals surface area contributed by atoms with E-state index in [1.807, 2.05) is 11.3 Å². The van der Waals surface area contributed by atoms with Gasteiger partial charge in [0.05, 0.1) is 11.7 Å². The first-order valence-corrected chi connectivity index (χ1v) is 18.5. The number of thiophene rings is 1. The van der Waals surface area contributed by atoms with Crippen LogP contribution in [0, 0.1) is 0 Å². The van der Waals surface area contributed by atoms with E-state index in [-0.39, 0.29) is 6.04 Å². The second kappa shape index (κ2) is 11.5. The largest absolute Gasteiger partial charge is 0.455 e. The van der Waals surface area contributed by atoms with Crippen LogP contribution in [0.15, 0.2) is 185 Å². The quantitative estimate of drug-likeness (QED) is 0.201. The van der Waals surface area contributed by atoms with E-state index in [9.17, 15) is 0 Å². The monoisotopic (exact) mass is 682 g/mol. The Morgan fingerprint density at radius 1 is 0.538 bits per heavy atom. The van der Waals surface area contributed by atoms with Crippen molar-refractivity contribution in [3.63, 3.8) is 0 Å². The second-order valence-corrected chi connectivity index (χ2v) is 14.6. The summed E-state index contributed by atoms with van der Waals surface area (Å²) in [7, 11) is 0. The Labute approximate surface area is 304 Å². The Morgan fingerprint density at radius 3 is 2.17 bits per heavy atom. The number of nitrogens with one attached hydrogen (secondary N) is 1. The molecule has 4 heteroatoms. The molecule has 9 aromatic rings. The third kappa shape index (κ3) is 4.55. The van der Waals surface area contributed by atoms with Gasteiger partial charge in [-0.05, 0) is 52.4 Å². The Bertz CT molecular complexity index is 3030. The van der Waals surface area contributed by atoms with Crippen molar-refractivity contribution in [1.29, 1.82) is 0 Å². The van der Waals surface area contributed by atoms with Crippen LogP contribution in [-0.4, -0.2) is 11.9 Å². The van der Waals surface area contributed by atoms with Crippen molar-refractivity contribution in [2.45, 2.75) is 6.04 Å². The summed E-state index contributed by atoms with van der Waals surface area (Å²) in [4.78, 5) is 5.35. The van der Waals surface area contributed by atoms with Crippen LogP contribution in [0.2, 0.25) is 0 Å². The van der Waals surface area contributed by atoms with Gasteiger partial charge in [-0.25, -0.2) is 4.99 Å². The number of nitrogens with zero attached hydrogens (tertiary/aromatic N) is 1. The fraction of sp³-hybridized carbons (Fsp3) is 0.0208. The fourth-order valence-corrected chi connectivity index (χ4v) is 9.14. The fourth-order valence-electron chi connectivity index (χ4n) is 8.00. The van der Waals surface area contributed by atoms with Gasteiger partial charge < -0.3 is 9.73 Å². The molecule has 0 saturated heterocycles. The molecular formula is C48H30N2OS. The molecule has 1 unspecified atom stereocenters. The van der Waals surface area contributed by atoms with E-state index in [1.54, 1.807) is 0 Å². The predicted molar refractivity (Wildman–Crippen MR) is 220 cm³/mol. The molecule has 0 saturated carbocycles. The van der Waals surface area contributed by atoms with Crippen LogP contribution in [0.25, 0.3) is 80.8 Å². The number of benzene rings is 7. The molecule has 0 amide bonds. The van der Waals surface area contributed by atoms with Gasteiger partial charge in [-0.2, -0.15) is 0 Å². The van der Waals surface area contributed by atoms with Gasteiger partial charge >= 0.3 is 0 Å². The Balaban J connectivity index is 1.08. The van der Waals surface area contributed by atoms with E-state index in [2.05, 4.69) is 175 Å². The molecule has 0 fully saturated rings. The van der Waals surface area contributed by atoms with Gasteiger partial charge in [0.15, 0.2) is 0 Å². The van der Waals surface area contributed by atoms with Gasteiger partial charge in [0.1, 0.15) is 17.0 Å². The summed E-state index contributed by atoms with van der Waals surface area (Å²) in [6, 6.07) is 52.2. The average molecular weight is 683 g/mol. The predicted octanol–water partition coefficient (Wildman–Crippen LogP) is 12.7. The first kappa shape index (κ1) is 29.3. The maximum Gasteiger partial charge on any atom is 0.144 e. The molecule has 1 aliphatic heterocycles. The summed E-state index contributed by atoms with van der Waals surface area (Å²) >= 11 is 1.86. The van der Waals surface area contributed by atoms with Crippen LogP contribution in [0.1, 0.15) is 11.1 Å². The van der Waals surface area contributed by atoms with E-state index < -0.39 is 0 Å². The Morgan fingerprint density at radius 2 is 1.27 bits per heavy atom. The number of hydrogen-bond acceptors (Lipinski definition) is 4. The van der Waals surface area contributed by atoms with Gasteiger partial charge in [-0.3, -0.25) is 0 Å². The van der Waals surface area contributed by atoms with Gasteiger partial charge in [0, 0.05) is 58.6 Å². The lowest BCUT2D eigenvalue weighted by Gasteiger charge is -2.28. The zero-order valence-corrected chi connectivity index (χ0v) is 28.8. The van der Waals surface area contributed by atoms with E-state index in [0.717, 1.165) is 66.5 Å². The second-order valence-electron chi connectivity index (χ2n) is 13.5. The van der Waals surface area contributed by atoms with E-state index in [0.29, 0.717) is 0 Å². The molecule has 0 spiro atoms. The number of amidine groups is 1. The molecule has 1 aliphatic carbocycles. The van der Waals surface area contributed by atoms with E-state index in [4.69, 9.17) is 9.41 Å². The zero-order valence-electron chi connectivity index (χ0n) is 28.0. The number of furan rings is 1. The lowest BCUT2D eigenvalue weighted by Crippen LogP contribution is -2.39. The van der Waals surface area contributed by atoms with Gasteiger partial charge in [-0.1, -0.05) is 140 Å². The van der Waals surface area contributed by atoms with E-state index >= 15 is 0 Å². The Hall–Kier alpha value is -6.49. The standard InChI is InChI=1S/C48H30N2OS/c1-2-11-32(12-3-1)45-38-15-6-8-16-41(38)49-48(50-45)40-27-26-35(47-44(40)39-25-22-30-10-4-5-13-34(30)46(39)51-47)31-20-18-29(19-21-31)33-23-24-37-36-14-7-9-17-42(36)52-43(37)28-33/h1-28,41H,(H,49,50). The number of aliphatic imine (C=N–C) groups is 1. The summed E-state index contributed by atoms with van der Waals surface area (Å²) in [6.45, 7) is 0. The maximum absolute atomic E-state index is 6.97. The highest BCUT2D eigenvalue weighted by molar-refractivity contribution is 7.25. The molecule has 1 N–H and O–H groups in total. The van der Waals surface area contributed by atoms with Gasteiger partial charge in [-0.15, -0.1) is 11.3 Å². The summed E-state index contributed by atoms with van der Waals surface area (Å²) in [6.07, 6.45) is 8.57. The highest BCUT2D eigenvalue weighted by Crippen LogP contribution is 2.43. The summed E-state index contributed by atoms with van der Waals surface area (Å²) in [5, 5.41) is 10.8. The summed E-state index contributed by atoms with van der Waals surface area (Å²) < 4.78 is 9.61. The number of hydrogen-bond donors (Lipinski definition) is 1. The van der Waals surface area contributed by atoms with Crippen molar-refractivity contribution in [1.82, 2.24) is 5.32 Å². The number of allylic oxidation sites excluding steroid dienone is 2. The van der Waals surface area contributed by atoms with Gasteiger partial charge in [0.2, 0.25) is 0 Å². The highest BCUT2D eigenvalue weighted by Gasteiger charge is 2.27. The first-order chi connectivity index (χ1) is 25.8. The summed E-state index contributed by atoms with van der Waals surface area (Å²) in [5.41, 5.74) is 10.6. The average Bonchev–Trinajstić information content (AvgIpc) is 3.79. The van der Waals surface area contributed by atoms with Crippen molar-refractivity contribution < 1.29 is 4.42 Å². The summed E-state index contributed by atoms with van der Waals surface area (Å²) in [5.74, 6) is 0.840. The SMILES string of the molecule is C1=CC2=C(c3ccccc3)N=C(c3ccc(-c4ccc(-c5ccc6c(c5)sc5ccccc56)cc4)c4oc5c6ccccc6ccc5c34)NC2C=C1. The van der Waals surface area contributed by atoms with Crippen LogP contribution >= 0.6 is 11.3 Å². The van der Waals surface area contributed by atoms with Crippen molar-refractivity contribution in [2.24, 2.45) is 4.99 Å². The van der Waals surface area contributed by atoms with Crippen molar-refractivity contribution >= 4 is 75.8 Å². The highest BCUT2D eigenvalue weighted by atomic mass is 32.1. The van der Waals surface area contributed by atoms with Crippen LogP contribution in [0.3, 0.4) is 0 Å². The zero-order chi connectivity index (χ0) is 34.2. The van der Waals surface area contributed by atoms with Gasteiger partial charge in [0.25, 0.3) is 0 Å². The first-order valence-electron chi connectivity index (χ1n) is 17.7. The third-order valence-corrected chi connectivity index (χ3v) is 11.7. The molecule has 0 radical (unpaired) electrons. The normalized spacial score (nSPS) is 15.5. The minimum atomic E-state index is 0.0146. The number of rotatable bonds is 4. The van der Waals surface area contributed by atoms with E-state index in [1.165, 1.54) is 36.9 Å². The minimum Gasteiger partial charge on any atom is -0.455 e. The third-order valence-electron chi connectivity index (χ3n) is 10.5. The minimum absolute atomic E-state index is 0.0146. The Kier molecular flexibility index (Phi) is 6.48. The van der Waals surface area contributed by atoms with Crippen molar-refractivity contribution in [3.8, 4) is 22.3 Å². The molecule has 1 atom stereocenters. The molecule has 2 aliphatic rings. The smallest absolute Gasteiger partial charge is 0.144 e.